The summed E-state index contributed by atoms with van der Waals surface area (Å²) in [5, 5.41) is 44.5. The maximum atomic E-state index is 9.65. The molecule has 4 unspecified atom stereocenters. The molecule has 0 aliphatic heterocycles. The third-order valence-electron chi connectivity index (χ3n) is 2.56. The van der Waals surface area contributed by atoms with Crippen LogP contribution in [0, 0.1) is 17.2 Å². The summed E-state index contributed by atoms with van der Waals surface area (Å²) in [6.07, 6.45) is -4.03. The van der Waals surface area contributed by atoms with Crippen LogP contribution in [-0.4, -0.2) is 51.1 Å². The van der Waals surface area contributed by atoms with E-state index in [0.29, 0.717) is 5.71 Å². The summed E-state index contributed by atoms with van der Waals surface area (Å²) in [5.74, 6) is -0.561. The van der Waals surface area contributed by atoms with Crippen LogP contribution in [0.25, 0.3) is 0 Å². The van der Waals surface area contributed by atoms with Crippen molar-refractivity contribution >= 4 is 5.71 Å². The van der Waals surface area contributed by atoms with E-state index in [9.17, 15) is 10.2 Å². The van der Waals surface area contributed by atoms with Crippen molar-refractivity contribution in [1.29, 1.82) is 5.41 Å². The number of aliphatic hydroxyl groups is 4. The van der Waals surface area contributed by atoms with E-state index in [-0.39, 0.29) is 5.92 Å². The summed E-state index contributed by atoms with van der Waals surface area (Å²) in [6, 6.07) is 0. The van der Waals surface area contributed by atoms with Gasteiger partial charge >= 0.3 is 0 Å². The van der Waals surface area contributed by atoms with E-state index in [1.54, 1.807) is 6.92 Å². The maximum absolute atomic E-state index is 9.65. The molecule has 0 bridgehead atoms. The molecule has 0 aliphatic carbocycles. The van der Waals surface area contributed by atoms with E-state index >= 15 is 0 Å². The molecule has 0 radical (unpaired) electrons. The monoisotopic (exact) mass is 219 g/mol. The van der Waals surface area contributed by atoms with E-state index in [1.165, 1.54) is 0 Å². The van der Waals surface area contributed by atoms with Crippen molar-refractivity contribution in [3.63, 3.8) is 0 Å². The van der Waals surface area contributed by atoms with Gasteiger partial charge < -0.3 is 25.8 Å². The van der Waals surface area contributed by atoms with E-state index in [1.807, 2.05) is 13.8 Å². The molecule has 90 valence electrons. The SMILES string of the molecule is CC(C)C(=N)C(C)C(O)C(O)C(O)CO. The van der Waals surface area contributed by atoms with Crippen molar-refractivity contribution in [2.24, 2.45) is 11.8 Å². The third kappa shape index (κ3) is 3.87. The van der Waals surface area contributed by atoms with E-state index in [2.05, 4.69) is 0 Å². The Balaban J connectivity index is 4.43. The Kier molecular flexibility index (Phi) is 5.97. The Labute approximate surface area is 89.9 Å². The van der Waals surface area contributed by atoms with Gasteiger partial charge in [0.2, 0.25) is 0 Å². The van der Waals surface area contributed by atoms with Crippen LogP contribution >= 0.6 is 0 Å². The molecule has 15 heavy (non-hydrogen) atoms. The quantitative estimate of drug-likeness (QED) is 0.384. The van der Waals surface area contributed by atoms with Gasteiger partial charge in [-0.25, -0.2) is 0 Å². The van der Waals surface area contributed by atoms with E-state index in [0.717, 1.165) is 0 Å². The first-order valence-electron chi connectivity index (χ1n) is 5.06. The first-order valence-corrected chi connectivity index (χ1v) is 5.06. The number of aliphatic hydroxyl groups excluding tert-OH is 4. The molecule has 0 rings (SSSR count). The average Bonchev–Trinajstić information content (AvgIpc) is 2.23. The van der Waals surface area contributed by atoms with Gasteiger partial charge in [0, 0.05) is 11.6 Å². The van der Waals surface area contributed by atoms with E-state index in [4.69, 9.17) is 15.6 Å². The highest BCUT2D eigenvalue weighted by atomic mass is 16.4. The highest BCUT2D eigenvalue weighted by molar-refractivity contribution is 5.85. The van der Waals surface area contributed by atoms with Crippen molar-refractivity contribution in [3.05, 3.63) is 0 Å². The second-order valence-corrected chi connectivity index (χ2v) is 4.13. The Morgan fingerprint density at radius 2 is 1.53 bits per heavy atom. The molecule has 0 fully saturated rings. The van der Waals surface area contributed by atoms with Crippen LogP contribution < -0.4 is 0 Å². The lowest BCUT2D eigenvalue weighted by Crippen LogP contribution is -2.45. The normalized spacial score (nSPS) is 19.7. The first kappa shape index (κ1) is 14.5. The number of hydrogen-bond donors (Lipinski definition) is 5. The molecule has 5 nitrogen and oxygen atoms in total. The van der Waals surface area contributed by atoms with Crippen LogP contribution in [0.5, 0.6) is 0 Å². The molecule has 0 heterocycles. The minimum atomic E-state index is -1.43. The molecule has 0 aromatic rings. The minimum absolute atomic E-state index is 0.0203. The lowest BCUT2D eigenvalue weighted by Gasteiger charge is -2.28. The van der Waals surface area contributed by atoms with Crippen molar-refractivity contribution in [3.8, 4) is 0 Å². The summed E-state index contributed by atoms with van der Waals surface area (Å²) in [5.41, 5.74) is 0.312. The van der Waals surface area contributed by atoms with Crippen molar-refractivity contribution in [2.45, 2.75) is 39.1 Å². The van der Waals surface area contributed by atoms with Crippen LogP contribution in [0.1, 0.15) is 20.8 Å². The van der Waals surface area contributed by atoms with Crippen LogP contribution in [0.2, 0.25) is 0 Å². The molecule has 0 aromatic heterocycles. The Bertz CT molecular complexity index is 208. The molecule has 5 heteroatoms. The Morgan fingerprint density at radius 1 is 1.07 bits per heavy atom. The molecular formula is C10H21NO4. The second kappa shape index (κ2) is 6.17. The Hall–Kier alpha value is -0.490. The lowest BCUT2D eigenvalue weighted by atomic mass is 9.87. The fraction of sp³-hybridized carbons (Fsp3) is 0.900. The number of nitrogens with one attached hydrogen (secondary N) is 1. The maximum Gasteiger partial charge on any atom is 0.109 e. The van der Waals surface area contributed by atoms with Gasteiger partial charge in [0.15, 0.2) is 0 Å². The Morgan fingerprint density at radius 3 is 1.87 bits per heavy atom. The standard InChI is InChI=1S/C10H21NO4/c1-5(2)8(11)6(3)9(14)10(15)7(13)4-12/h5-7,9-15H,4H2,1-3H3. The molecule has 0 saturated heterocycles. The topological polar surface area (TPSA) is 105 Å². The second-order valence-electron chi connectivity index (χ2n) is 4.13. The predicted octanol–water partition coefficient (Wildman–Crippen LogP) is -0.627. The van der Waals surface area contributed by atoms with Crippen LogP contribution in [-0.2, 0) is 0 Å². The zero-order valence-corrected chi connectivity index (χ0v) is 9.38. The summed E-state index contributed by atoms with van der Waals surface area (Å²) in [4.78, 5) is 0. The average molecular weight is 219 g/mol. The molecule has 0 saturated carbocycles. The van der Waals surface area contributed by atoms with Gasteiger partial charge in [0.05, 0.1) is 12.7 Å². The third-order valence-corrected chi connectivity index (χ3v) is 2.56. The molecule has 0 spiro atoms. The van der Waals surface area contributed by atoms with Crippen molar-refractivity contribution in [2.75, 3.05) is 6.61 Å². The fourth-order valence-electron chi connectivity index (χ4n) is 1.34. The predicted molar refractivity (Wildman–Crippen MR) is 56.8 cm³/mol. The summed E-state index contributed by atoms with van der Waals surface area (Å²) >= 11 is 0. The zero-order chi connectivity index (χ0) is 12.2. The van der Waals surface area contributed by atoms with Gasteiger partial charge in [-0.1, -0.05) is 20.8 Å². The number of rotatable bonds is 6. The number of hydrogen-bond acceptors (Lipinski definition) is 5. The molecule has 0 amide bonds. The highest BCUT2D eigenvalue weighted by Crippen LogP contribution is 2.15. The summed E-state index contributed by atoms with van der Waals surface area (Å²) in [7, 11) is 0. The summed E-state index contributed by atoms with van der Waals surface area (Å²) in [6.45, 7) is 4.64. The van der Waals surface area contributed by atoms with Crippen molar-refractivity contribution < 1.29 is 20.4 Å². The zero-order valence-electron chi connectivity index (χ0n) is 9.38. The van der Waals surface area contributed by atoms with Crippen LogP contribution in [0.4, 0.5) is 0 Å². The van der Waals surface area contributed by atoms with Crippen LogP contribution in [0.3, 0.4) is 0 Å². The largest absolute Gasteiger partial charge is 0.394 e. The van der Waals surface area contributed by atoms with Gasteiger partial charge in [-0.15, -0.1) is 0 Å². The van der Waals surface area contributed by atoms with E-state index < -0.39 is 30.8 Å². The molecule has 0 aromatic carbocycles. The first-order chi connectivity index (χ1) is 6.82. The van der Waals surface area contributed by atoms with Gasteiger partial charge in [-0.05, 0) is 5.92 Å². The van der Waals surface area contributed by atoms with Gasteiger partial charge in [0.1, 0.15) is 12.2 Å². The van der Waals surface area contributed by atoms with Gasteiger partial charge in [-0.2, -0.15) is 0 Å². The minimum Gasteiger partial charge on any atom is -0.394 e. The molecule has 5 N–H and O–H groups in total. The summed E-state index contributed by atoms with van der Waals surface area (Å²) < 4.78 is 0. The van der Waals surface area contributed by atoms with Crippen LogP contribution in [0.15, 0.2) is 0 Å². The van der Waals surface area contributed by atoms with Gasteiger partial charge in [-0.3, -0.25) is 0 Å². The fourth-order valence-corrected chi connectivity index (χ4v) is 1.34. The molecular weight excluding hydrogens is 198 g/mol. The molecule has 4 atom stereocenters. The highest BCUT2D eigenvalue weighted by Gasteiger charge is 2.31. The smallest absolute Gasteiger partial charge is 0.109 e. The van der Waals surface area contributed by atoms with Crippen molar-refractivity contribution in [1.82, 2.24) is 0 Å². The molecule has 0 aliphatic rings. The lowest BCUT2D eigenvalue weighted by molar-refractivity contribution is -0.0847. The van der Waals surface area contributed by atoms with Gasteiger partial charge in [0.25, 0.3) is 0 Å².